The third-order valence-electron chi connectivity index (χ3n) is 5.22. The molecule has 1 aliphatic carbocycles. The van der Waals surface area contributed by atoms with Crippen molar-refractivity contribution in [3.63, 3.8) is 0 Å². The van der Waals surface area contributed by atoms with Crippen molar-refractivity contribution in [2.75, 3.05) is 13.1 Å². The standard InChI is InChI=1S/C21H23N3O2/c25-20(24-11-10-15-6-4-5-9-17(15)14-24)13-22-21(26)23-19-12-18(19)16-7-2-1-3-8-16/h1-9,18-19H,10-14H2,(H2,22,23,26)/t18-,19+/m0/s1. The summed E-state index contributed by atoms with van der Waals surface area (Å²) in [5, 5.41) is 5.66. The van der Waals surface area contributed by atoms with E-state index in [9.17, 15) is 9.59 Å². The summed E-state index contributed by atoms with van der Waals surface area (Å²) < 4.78 is 0. The Kier molecular flexibility index (Phi) is 4.61. The quantitative estimate of drug-likeness (QED) is 0.891. The van der Waals surface area contributed by atoms with Gasteiger partial charge in [0.05, 0.1) is 6.54 Å². The van der Waals surface area contributed by atoms with Crippen LogP contribution in [0.2, 0.25) is 0 Å². The maximum Gasteiger partial charge on any atom is 0.315 e. The van der Waals surface area contributed by atoms with Crippen LogP contribution in [0, 0.1) is 0 Å². The molecule has 0 spiro atoms. The Morgan fingerprint density at radius 1 is 1.00 bits per heavy atom. The second-order valence-corrected chi connectivity index (χ2v) is 7.02. The Balaban J connectivity index is 1.22. The molecule has 5 heteroatoms. The average Bonchev–Trinajstić information content (AvgIpc) is 3.45. The van der Waals surface area contributed by atoms with Crippen LogP contribution in [0.1, 0.15) is 29.0 Å². The smallest absolute Gasteiger partial charge is 0.315 e. The highest BCUT2D eigenvalue weighted by Gasteiger charge is 2.39. The lowest BCUT2D eigenvalue weighted by Gasteiger charge is -2.29. The van der Waals surface area contributed by atoms with E-state index < -0.39 is 0 Å². The van der Waals surface area contributed by atoms with Gasteiger partial charge >= 0.3 is 6.03 Å². The summed E-state index contributed by atoms with van der Waals surface area (Å²) in [5.74, 6) is 0.348. The molecular formula is C21H23N3O2. The zero-order valence-electron chi connectivity index (χ0n) is 14.7. The lowest BCUT2D eigenvalue weighted by Crippen LogP contribution is -2.45. The van der Waals surface area contributed by atoms with E-state index in [0.29, 0.717) is 19.0 Å². The van der Waals surface area contributed by atoms with E-state index in [-0.39, 0.29) is 24.5 Å². The number of hydrogen-bond donors (Lipinski definition) is 2. The van der Waals surface area contributed by atoms with Gasteiger partial charge < -0.3 is 15.5 Å². The molecule has 1 saturated carbocycles. The molecule has 2 atom stereocenters. The number of nitrogens with one attached hydrogen (secondary N) is 2. The van der Waals surface area contributed by atoms with Gasteiger partial charge in [-0.3, -0.25) is 4.79 Å². The van der Waals surface area contributed by atoms with Crippen LogP contribution in [-0.4, -0.2) is 36.0 Å². The van der Waals surface area contributed by atoms with Gasteiger partial charge in [-0.05, 0) is 29.5 Å². The Hall–Kier alpha value is -2.82. The van der Waals surface area contributed by atoms with E-state index in [2.05, 4.69) is 34.9 Å². The highest BCUT2D eigenvalue weighted by atomic mass is 16.2. The lowest BCUT2D eigenvalue weighted by molar-refractivity contribution is -0.131. The van der Waals surface area contributed by atoms with Crippen LogP contribution >= 0.6 is 0 Å². The zero-order chi connectivity index (χ0) is 17.9. The fraction of sp³-hybridized carbons (Fsp3) is 0.333. The maximum absolute atomic E-state index is 12.4. The molecule has 4 rings (SSSR count). The van der Waals surface area contributed by atoms with Crippen molar-refractivity contribution in [1.82, 2.24) is 15.5 Å². The number of hydrogen-bond acceptors (Lipinski definition) is 2. The van der Waals surface area contributed by atoms with Crippen molar-refractivity contribution < 1.29 is 9.59 Å². The molecule has 1 heterocycles. The first-order valence-electron chi connectivity index (χ1n) is 9.14. The molecule has 0 unspecified atom stereocenters. The van der Waals surface area contributed by atoms with E-state index in [1.165, 1.54) is 16.7 Å². The summed E-state index contributed by atoms with van der Waals surface area (Å²) in [5.41, 5.74) is 3.75. The Bertz CT molecular complexity index is 806. The molecule has 0 saturated heterocycles. The van der Waals surface area contributed by atoms with Crippen LogP contribution in [0.15, 0.2) is 54.6 Å². The fourth-order valence-corrected chi connectivity index (χ4v) is 3.62. The Morgan fingerprint density at radius 3 is 2.54 bits per heavy atom. The van der Waals surface area contributed by atoms with E-state index in [0.717, 1.165) is 12.8 Å². The van der Waals surface area contributed by atoms with E-state index >= 15 is 0 Å². The predicted molar refractivity (Wildman–Crippen MR) is 99.7 cm³/mol. The number of amides is 3. The number of urea groups is 1. The van der Waals surface area contributed by atoms with Crippen molar-refractivity contribution >= 4 is 11.9 Å². The summed E-state index contributed by atoms with van der Waals surface area (Å²) >= 11 is 0. The van der Waals surface area contributed by atoms with Crippen LogP contribution < -0.4 is 10.6 Å². The van der Waals surface area contributed by atoms with Crippen LogP contribution in [0.25, 0.3) is 0 Å². The SMILES string of the molecule is O=C(NCC(=O)N1CCc2ccccc2C1)N[C@@H]1C[C@H]1c1ccccc1. The van der Waals surface area contributed by atoms with Gasteiger partial charge in [0.1, 0.15) is 0 Å². The highest BCUT2D eigenvalue weighted by molar-refractivity contribution is 5.84. The molecule has 2 aromatic carbocycles. The van der Waals surface area contributed by atoms with Gasteiger partial charge in [0, 0.05) is 25.0 Å². The molecule has 2 aliphatic rings. The zero-order valence-corrected chi connectivity index (χ0v) is 14.7. The molecule has 5 nitrogen and oxygen atoms in total. The first-order valence-corrected chi connectivity index (χ1v) is 9.14. The monoisotopic (exact) mass is 349 g/mol. The van der Waals surface area contributed by atoms with Crippen LogP contribution in [0.3, 0.4) is 0 Å². The average molecular weight is 349 g/mol. The summed E-state index contributed by atoms with van der Waals surface area (Å²) in [6.07, 6.45) is 1.82. The minimum Gasteiger partial charge on any atom is -0.336 e. The molecule has 26 heavy (non-hydrogen) atoms. The molecule has 134 valence electrons. The summed E-state index contributed by atoms with van der Waals surface area (Å²) in [7, 11) is 0. The molecule has 1 fully saturated rings. The van der Waals surface area contributed by atoms with Crippen molar-refractivity contribution in [2.24, 2.45) is 0 Å². The Labute approximate surface area is 153 Å². The Morgan fingerprint density at radius 2 is 1.73 bits per heavy atom. The molecule has 1 aliphatic heterocycles. The van der Waals surface area contributed by atoms with Crippen LogP contribution in [0.4, 0.5) is 4.79 Å². The minimum absolute atomic E-state index is 0.0370. The number of carbonyl (C=O) groups is 2. The van der Waals surface area contributed by atoms with Crippen molar-refractivity contribution in [2.45, 2.75) is 31.3 Å². The number of benzene rings is 2. The summed E-state index contributed by atoms with van der Waals surface area (Å²) in [4.78, 5) is 26.3. The van der Waals surface area contributed by atoms with Crippen molar-refractivity contribution in [3.05, 3.63) is 71.3 Å². The topological polar surface area (TPSA) is 61.4 Å². The van der Waals surface area contributed by atoms with Gasteiger partial charge in [0.25, 0.3) is 0 Å². The van der Waals surface area contributed by atoms with E-state index in [1.54, 1.807) is 0 Å². The molecule has 3 amide bonds. The molecule has 0 radical (unpaired) electrons. The second-order valence-electron chi connectivity index (χ2n) is 7.02. The molecule has 0 bridgehead atoms. The fourth-order valence-electron chi connectivity index (χ4n) is 3.62. The first-order chi connectivity index (χ1) is 12.7. The van der Waals surface area contributed by atoms with E-state index in [4.69, 9.17) is 0 Å². The van der Waals surface area contributed by atoms with E-state index in [1.807, 2.05) is 35.2 Å². The second kappa shape index (κ2) is 7.20. The molecular weight excluding hydrogens is 326 g/mol. The predicted octanol–water partition coefficient (Wildman–Crippen LogP) is 2.43. The normalized spacial score (nSPS) is 20.8. The molecule has 2 aromatic rings. The van der Waals surface area contributed by atoms with Crippen molar-refractivity contribution in [1.29, 1.82) is 0 Å². The van der Waals surface area contributed by atoms with Crippen LogP contribution in [-0.2, 0) is 17.8 Å². The van der Waals surface area contributed by atoms with Gasteiger partial charge in [-0.1, -0.05) is 54.6 Å². The number of fused-ring (bicyclic) bond motifs is 1. The summed E-state index contributed by atoms with van der Waals surface area (Å²) in [6.45, 7) is 1.37. The summed E-state index contributed by atoms with van der Waals surface area (Å²) in [6, 6.07) is 18.3. The highest BCUT2D eigenvalue weighted by Crippen LogP contribution is 2.40. The van der Waals surface area contributed by atoms with Crippen molar-refractivity contribution in [3.8, 4) is 0 Å². The number of carbonyl (C=O) groups excluding carboxylic acids is 2. The maximum atomic E-state index is 12.4. The van der Waals surface area contributed by atoms with Gasteiger partial charge in [0.2, 0.25) is 5.91 Å². The molecule has 2 N–H and O–H groups in total. The lowest BCUT2D eigenvalue weighted by atomic mass is 10.00. The molecule has 0 aromatic heterocycles. The number of rotatable bonds is 4. The van der Waals surface area contributed by atoms with Gasteiger partial charge in [-0.25, -0.2) is 4.79 Å². The third kappa shape index (κ3) is 3.72. The van der Waals surface area contributed by atoms with Gasteiger partial charge in [-0.15, -0.1) is 0 Å². The third-order valence-corrected chi connectivity index (χ3v) is 5.22. The number of nitrogens with zero attached hydrogens (tertiary/aromatic N) is 1. The van der Waals surface area contributed by atoms with Crippen LogP contribution in [0.5, 0.6) is 0 Å². The first kappa shape index (κ1) is 16.6. The van der Waals surface area contributed by atoms with Gasteiger partial charge in [-0.2, -0.15) is 0 Å². The largest absolute Gasteiger partial charge is 0.336 e. The van der Waals surface area contributed by atoms with Gasteiger partial charge in [0.15, 0.2) is 0 Å². The minimum atomic E-state index is -0.265.